The number of hydrogen-bond donors (Lipinski definition) is 1. The van der Waals surface area contributed by atoms with Gasteiger partial charge in [0.15, 0.2) is 0 Å². The SMILES string of the molecule is C[C@H](N[S+]([O-])C(C)(C)C)c1cccc2cnccc12. The first-order valence-electron chi connectivity index (χ1n) is 6.40. The highest BCUT2D eigenvalue weighted by molar-refractivity contribution is 7.90. The molecule has 0 aliphatic heterocycles. The Kier molecular flexibility index (Phi) is 4.13. The van der Waals surface area contributed by atoms with Crippen molar-refractivity contribution in [3.8, 4) is 0 Å². The fourth-order valence-corrected chi connectivity index (χ4v) is 2.73. The molecule has 0 fully saturated rings. The molecule has 0 saturated heterocycles. The predicted molar refractivity (Wildman–Crippen MR) is 81.2 cm³/mol. The monoisotopic (exact) mass is 276 g/mol. The average molecular weight is 276 g/mol. The second-order valence-corrected chi connectivity index (χ2v) is 7.66. The quantitative estimate of drug-likeness (QED) is 0.875. The number of hydrogen-bond acceptors (Lipinski definition) is 3. The fraction of sp³-hybridized carbons (Fsp3) is 0.400. The van der Waals surface area contributed by atoms with E-state index in [0.717, 1.165) is 16.3 Å². The summed E-state index contributed by atoms with van der Waals surface area (Å²) in [6.45, 7) is 7.94. The van der Waals surface area contributed by atoms with E-state index in [1.807, 2.05) is 52.1 Å². The van der Waals surface area contributed by atoms with Crippen molar-refractivity contribution in [2.75, 3.05) is 0 Å². The lowest BCUT2D eigenvalue weighted by Crippen LogP contribution is -2.40. The van der Waals surface area contributed by atoms with Crippen LogP contribution in [0.25, 0.3) is 10.8 Å². The second-order valence-electron chi connectivity index (χ2n) is 5.66. The highest BCUT2D eigenvalue weighted by Crippen LogP contribution is 2.25. The van der Waals surface area contributed by atoms with Gasteiger partial charge in [-0.1, -0.05) is 18.2 Å². The number of pyridine rings is 1. The van der Waals surface area contributed by atoms with Crippen molar-refractivity contribution >= 4 is 22.1 Å². The standard InChI is InChI=1S/C15H20N2OS/c1-11(17-19(18)15(2,3)4)13-7-5-6-12-10-16-9-8-14(12)13/h5-11,17H,1-4H3/t11-,19?/m0/s1. The number of aromatic nitrogens is 1. The number of nitrogens with one attached hydrogen (secondary N) is 1. The van der Waals surface area contributed by atoms with Crippen LogP contribution in [0.1, 0.15) is 39.3 Å². The van der Waals surface area contributed by atoms with Crippen LogP contribution in [0.5, 0.6) is 0 Å². The van der Waals surface area contributed by atoms with E-state index < -0.39 is 11.4 Å². The molecule has 3 nitrogen and oxygen atoms in total. The Bertz CT molecular complexity index is 560. The molecule has 0 amide bonds. The van der Waals surface area contributed by atoms with Crippen LogP contribution in [-0.4, -0.2) is 14.3 Å². The number of fused-ring (bicyclic) bond motifs is 1. The van der Waals surface area contributed by atoms with E-state index in [1.54, 1.807) is 6.20 Å². The van der Waals surface area contributed by atoms with Crippen molar-refractivity contribution < 1.29 is 4.55 Å². The molecule has 2 atom stereocenters. The van der Waals surface area contributed by atoms with Gasteiger partial charge in [0.05, 0.1) is 6.04 Å². The minimum absolute atomic E-state index is 0.0335. The van der Waals surface area contributed by atoms with Crippen LogP contribution in [0, 0.1) is 0 Å². The number of nitrogens with zero attached hydrogens (tertiary/aromatic N) is 1. The third-order valence-corrected chi connectivity index (χ3v) is 4.70. The summed E-state index contributed by atoms with van der Waals surface area (Å²) in [5.74, 6) is 0. The van der Waals surface area contributed by atoms with Crippen LogP contribution in [0.2, 0.25) is 0 Å². The minimum Gasteiger partial charge on any atom is -0.598 e. The smallest absolute Gasteiger partial charge is 0.136 e. The van der Waals surface area contributed by atoms with E-state index in [-0.39, 0.29) is 10.8 Å². The van der Waals surface area contributed by atoms with Gasteiger partial charge in [0.25, 0.3) is 0 Å². The van der Waals surface area contributed by atoms with Gasteiger partial charge in [0.1, 0.15) is 4.75 Å². The van der Waals surface area contributed by atoms with E-state index in [4.69, 9.17) is 0 Å². The van der Waals surface area contributed by atoms with Crippen molar-refractivity contribution in [2.24, 2.45) is 0 Å². The first kappa shape index (κ1) is 14.3. The Morgan fingerprint density at radius 3 is 2.68 bits per heavy atom. The van der Waals surface area contributed by atoms with Gasteiger partial charge >= 0.3 is 0 Å². The second kappa shape index (κ2) is 5.49. The Labute approximate surface area is 117 Å². The molecule has 2 rings (SSSR count). The molecule has 1 heterocycles. The van der Waals surface area contributed by atoms with Crippen molar-refractivity contribution in [2.45, 2.75) is 38.5 Å². The number of rotatable bonds is 3. The van der Waals surface area contributed by atoms with Crippen LogP contribution in [-0.2, 0) is 11.4 Å². The lowest BCUT2D eigenvalue weighted by molar-refractivity contribution is 0.532. The summed E-state index contributed by atoms with van der Waals surface area (Å²) in [6.07, 6.45) is 3.64. The predicted octanol–water partition coefficient (Wildman–Crippen LogP) is 3.35. The molecular weight excluding hydrogens is 256 g/mol. The molecule has 0 aliphatic carbocycles. The van der Waals surface area contributed by atoms with E-state index in [9.17, 15) is 4.55 Å². The zero-order valence-electron chi connectivity index (χ0n) is 11.8. The highest BCUT2D eigenvalue weighted by Gasteiger charge is 2.28. The summed E-state index contributed by atoms with van der Waals surface area (Å²) < 4.78 is 15.1. The van der Waals surface area contributed by atoms with Crippen LogP contribution >= 0.6 is 0 Å². The number of benzene rings is 1. The maximum absolute atomic E-state index is 12.2. The summed E-state index contributed by atoms with van der Waals surface area (Å²) in [4.78, 5) is 4.13. The molecule has 1 unspecified atom stereocenters. The van der Waals surface area contributed by atoms with E-state index in [2.05, 4.69) is 15.8 Å². The fourth-order valence-electron chi connectivity index (χ4n) is 1.93. The maximum atomic E-state index is 12.2. The molecule has 0 spiro atoms. The van der Waals surface area contributed by atoms with Crippen LogP contribution in [0.4, 0.5) is 0 Å². The van der Waals surface area contributed by atoms with Crippen LogP contribution < -0.4 is 4.72 Å². The summed E-state index contributed by atoms with van der Waals surface area (Å²) in [5.41, 5.74) is 1.15. The summed E-state index contributed by atoms with van der Waals surface area (Å²) in [6, 6.07) is 8.16. The normalized spacial score (nSPS) is 15.4. The molecule has 1 aromatic carbocycles. The van der Waals surface area contributed by atoms with Gasteiger partial charge in [-0.05, 0) is 44.7 Å². The Morgan fingerprint density at radius 2 is 2.00 bits per heavy atom. The maximum Gasteiger partial charge on any atom is 0.136 e. The van der Waals surface area contributed by atoms with E-state index in [1.165, 1.54) is 0 Å². The van der Waals surface area contributed by atoms with E-state index in [0.29, 0.717) is 0 Å². The van der Waals surface area contributed by atoms with Gasteiger partial charge < -0.3 is 4.55 Å². The molecule has 0 aliphatic rings. The van der Waals surface area contributed by atoms with Gasteiger partial charge in [-0.2, -0.15) is 0 Å². The Morgan fingerprint density at radius 1 is 1.26 bits per heavy atom. The molecular formula is C15H20N2OS. The van der Waals surface area contributed by atoms with Crippen molar-refractivity contribution in [3.63, 3.8) is 0 Å². The van der Waals surface area contributed by atoms with Gasteiger partial charge in [0, 0.05) is 29.1 Å². The third-order valence-electron chi connectivity index (χ3n) is 3.02. The molecule has 1 aromatic heterocycles. The lowest BCUT2D eigenvalue weighted by atomic mass is 10.0. The van der Waals surface area contributed by atoms with Crippen molar-refractivity contribution in [1.82, 2.24) is 9.71 Å². The first-order chi connectivity index (χ1) is 8.89. The van der Waals surface area contributed by atoms with Crippen LogP contribution in [0.3, 0.4) is 0 Å². The van der Waals surface area contributed by atoms with Crippen LogP contribution in [0.15, 0.2) is 36.7 Å². The zero-order chi connectivity index (χ0) is 14.0. The largest absolute Gasteiger partial charge is 0.598 e. The van der Waals surface area contributed by atoms with Gasteiger partial charge in [0.2, 0.25) is 0 Å². The molecule has 4 heteroatoms. The molecule has 19 heavy (non-hydrogen) atoms. The van der Waals surface area contributed by atoms with E-state index >= 15 is 0 Å². The first-order valence-corrected chi connectivity index (χ1v) is 7.55. The molecule has 0 radical (unpaired) electrons. The molecule has 102 valence electrons. The Balaban J connectivity index is 2.29. The molecule has 0 bridgehead atoms. The topological polar surface area (TPSA) is 48.0 Å². The van der Waals surface area contributed by atoms with Gasteiger partial charge in [-0.15, -0.1) is 4.72 Å². The summed E-state index contributed by atoms with van der Waals surface area (Å²) in [5, 5.41) is 2.26. The average Bonchev–Trinajstić information content (AvgIpc) is 2.36. The molecule has 2 aromatic rings. The summed E-state index contributed by atoms with van der Waals surface area (Å²) in [7, 11) is 0. The van der Waals surface area contributed by atoms with Gasteiger partial charge in [-0.25, -0.2) is 0 Å². The van der Waals surface area contributed by atoms with Gasteiger partial charge in [-0.3, -0.25) is 4.98 Å². The zero-order valence-corrected chi connectivity index (χ0v) is 12.6. The van der Waals surface area contributed by atoms with Crippen molar-refractivity contribution in [1.29, 1.82) is 0 Å². The molecule has 1 N–H and O–H groups in total. The highest BCUT2D eigenvalue weighted by atomic mass is 32.2. The summed E-state index contributed by atoms with van der Waals surface area (Å²) >= 11 is -1.08. The Hall–Kier alpha value is -1.10. The van der Waals surface area contributed by atoms with Crippen molar-refractivity contribution in [3.05, 3.63) is 42.2 Å². The third kappa shape index (κ3) is 3.26. The lowest BCUT2D eigenvalue weighted by Gasteiger charge is -2.27. The molecule has 0 saturated carbocycles. The minimum atomic E-state index is -1.08.